The van der Waals surface area contributed by atoms with E-state index in [-0.39, 0.29) is 16.7 Å². The average molecular weight is 452 g/mol. The van der Waals surface area contributed by atoms with Crippen LogP contribution in [0.2, 0.25) is 0 Å². The van der Waals surface area contributed by atoms with Crippen molar-refractivity contribution in [3.8, 4) is 0 Å². The largest absolute Gasteiger partial charge is 0.331 e. The molecule has 0 aliphatic carbocycles. The van der Waals surface area contributed by atoms with E-state index in [2.05, 4.69) is 25.5 Å². The Bertz CT molecular complexity index is 1210. The van der Waals surface area contributed by atoms with Crippen molar-refractivity contribution < 1.29 is 13.2 Å². The topological polar surface area (TPSA) is 104 Å². The first-order valence-electron chi connectivity index (χ1n) is 10.2. The molecule has 1 atom stereocenters. The summed E-state index contributed by atoms with van der Waals surface area (Å²) in [6.07, 6.45) is 4.70. The molecule has 2 N–H and O–H groups in total. The second-order valence-electron chi connectivity index (χ2n) is 8.05. The maximum atomic E-state index is 12.9. The van der Waals surface area contributed by atoms with Crippen LogP contribution in [0.4, 0.5) is 10.5 Å². The summed E-state index contributed by atoms with van der Waals surface area (Å²) in [4.78, 5) is 22.5. The van der Waals surface area contributed by atoms with Crippen LogP contribution in [0.3, 0.4) is 0 Å². The molecule has 9 heteroatoms. The van der Waals surface area contributed by atoms with Crippen LogP contribution in [0.25, 0.3) is 0 Å². The Morgan fingerprint density at radius 2 is 1.75 bits per heavy atom. The molecular weight excluding hydrogens is 426 g/mol. The van der Waals surface area contributed by atoms with Crippen molar-refractivity contribution in [2.45, 2.75) is 36.7 Å². The summed E-state index contributed by atoms with van der Waals surface area (Å²) < 4.78 is 25.8. The number of rotatable bonds is 6. The van der Waals surface area contributed by atoms with Gasteiger partial charge in [-0.2, -0.15) is 0 Å². The second-order valence-corrected chi connectivity index (χ2v) is 10.0. The molecule has 4 rings (SSSR count). The van der Waals surface area contributed by atoms with Crippen LogP contribution in [-0.2, 0) is 28.7 Å². The molecule has 0 fully saturated rings. The Morgan fingerprint density at radius 3 is 2.47 bits per heavy atom. The average Bonchev–Trinajstić information content (AvgIpc) is 3.13. The molecule has 1 unspecified atom stereocenters. The van der Waals surface area contributed by atoms with E-state index in [1.807, 2.05) is 32.2 Å². The molecule has 2 heterocycles. The normalized spacial score (nSPS) is 14.6. The lowest BCUT2D eigenvalue weighted by atomic mass is 10.1. The van der Waals surface area contributed by atoms with Crippen LogP contribution in [0, 0.1) is 0 Å². The lowest BCUT2D eigenvalue weighted by Crippen LogP contribution is -2.31. The van der Waals surface area contributed by atoms with Gasteiger partial charge in [0.05, 0.1) is 16.7 Å². The van der Waals surface area contributed by atoms with Crippen LogP contribution in [0.5, 0.6) is 0 Å². The number of hydrogen-bond donors (Lipinski definition) is 2. The summed E-state index contributed by atoms with van der Waals surface area (Å²) in [6.45, 7) is 3.55. The number of anilines is 1. The predicted molar refractivity (Wildman–Crippen MR) is 122 cm³/mol. The smallest absolute Gasteiger partial charge is 0.319 e. The number of urea groups is 1. The zero-order valence-electron chi connectivity index (χ0n) is 17.9. The maximum Gasteiger partial charge on any atom is 0.319 e. The first-order valence-corrected chi connectivity index (χ1v) is 11.9. The summed E-state index contributed by atoms with van der Waals surface area (Å²) in [7, 11) is -1.46. The molecule has 0 radical (unpaired) electrons. The highest BCUT2D eigenvalue weighted by Gasteiger charge is 2.19. The van der Waals surface area contributed by atoms with Gasteiger partial charge in [0.1, 0.15) is 6.33 Å². The Hall–Kier alpha value is -3.30. The fraction of sp³-hybridized carbons (Fsp3) is 0.261. The van der Waals surface area contributed by atoms with E-state index in [4.69, 9.17) is 0 Å². The van der Waals surface area contributed by atoms with Crippen molar-refractivity contribution in [1.82, 2.24) is 20.2 Å². The van der Waals surface area contributed by atoms with E-state index >= 15 is 0 Å². The molecule has 166 valence electrons. The summed E-state index contributed by atoms with van der Waals surface area (Å²) in [5.41, 5.74) is 4.49. The number of carbonyl (C=O) groups is 1. The summed E-state index contributed by atoms with van der Waals surface area (Å²) in [5.74, 6) is -0.0616. The molecule has 32 heavy (non-hydrogen) atoms. The third-order valence-electron chi connectivity index (χ3n) is 5.41. The molecule has 8 nitrogen and oxygen atoms in total. The molecule has 1 aliphatic heterocycles. The molecule has 0 saturated carbocycles. The van der Waals surface area contributed by atoms with Crippen molar-refractivity contribution in [1.29, 1.82) is 0 Å². The van der Waals surface area contributed by atoms with E-state index in [0.717, 1.165) is 24.2 Å². The van der Waals surface area contributed by atoms with Gasteiger partial charge in [-0.3, -0.25) is 4.90 Å². The van der Waals surface area contributed by atoms with Crippen LogP contribution in [-0.4, -0.2) is 36.4 Å². The zero-order valence-corrected chi connectivity index (χ0v) is 18.8. The van der Waals surface area contributed by atoms with Gasteiger partial charge in [0.25, 0.3) is 0 Å². The van der Waals surface area contributed by atoms with E-state index in [0.29, 0.717) is 5.69 Å². The van der Waals surface area contributed by atoms with Crippen molar-refractivity contribution in [3.63, 3.8) is 0 Å². The van der Waals surface area contributed by atoms with E-state index < -0.39 is 15.9 Å². The first kappa shape index (κ1) is 21.9. The van der Waals surface area contributed by atoms with Crippen molar-refractivity contribution in [2.75, 3.05) is 12.4 Å². The maximum absolute atomic E-state index is 12.9. The monoisotopic (exact) mass is 451 g/mol. The van der Waals surface area contributed by atoms with E-state index in [1.54, 1.807) is 24.5 Å². The van der Waals surface area contributed by atoms with Crippen LogP contribution >= 0.6 is 0 Å². The third kappa shape index (κ3) is 5.12. The highest BCUT2D eigenvalue weighted by molar-refractivity contribution is 7.90. The Balaban J connectivity index is 1.38. The highest BCUT2D eigenvalue weighted by Crippen LogP contribution is 2.25. The minimum Gasteiger partial charge on any atom is -0.331 e. The second kappa shape index (κ2) is 9.05. The molecule has 3 aromatic rings. The summed E-state index contributed by atoms with van der Waals surface area (Å²) >= 11 is 0. The van der Waals surface area contributed by atoms with Crippen molar-refractivity contribution in [3.05, 3.63) is 83.4 Å². The van der Waals surface area contributed by atoms with Gasteiger partial charge in [0.2, 0.25) is 0 Å². The molecular formula is C23H25N5O3S. The van der Waals surface area contributed by atoms with Gasteiger partial charge < -0.3 is 10.6 Å². The molecule has 2 amide bonds. The minimum atomic E-state index is -3.50. The van der Waals surface area contributed by atoms with Gasteiger partial charge in [-0.15, -0.1) is 0 Å². The van der Waals surface area contributed by atoms with Gasteiger partial charge >= 0.3 is 6.03 Å². The molecule has 1 aliphatic rings. The zero-order chi connectivity index (χ0) is 22.7. The van der Waals surface area contributed by atoms with Gasteiger partial charge in [0, 0.05) is 36.7 Å². The standard InChI is InChI=1S/C23H25N5O3S/c1-16(20-10-24-15-25-11-20)26-23(29)27-21-5-7-22(8-6-21)32(30,31)14-17-3-4-18-12-28(2)13-19(18)9-17/h3-11,15-16H,12-14H2,1-2H3,(H2,26,27,29). The third-order valence-corrected chi connectivity index (χ3v) is 7.11. The SMILES string of the molecule is CC(NC(=O)Nc1ccc(S(=O)(=O)Cc2ccc3c(c2)CN(C)C3)cc1)c1cncnc1. The molecule has 1 aromatic heterocycles. The lowest BCUT2D eigenvalue weighted by molar-refractivity contribution is 0.249. The molecule has 2 aromatic carbocycles. The van der Waals surface area contributed by atoms with Gasteiger partial charge in [-0.25, -0.2) is 23.2 Å². The van der Waals surface area contributed by atoms with Crippen molar-refractivity contribution >= 4 is 21.6 Å². The van der Waals surface area contributed by atoms with Gasteiger partial charge in [-0.1, -0.05) is 18.2 Å². The van der Waals surface area contributed by atoms with E-state index in [1.165, 1.54) is 29.6 Å². The minimum absolute atomic E-state index is 0.0616. The number of fused-ring (bicyclic) bond motifs is 1. The number of aromatic nitrogens is 2. The van der Waals surface area contributed by atoms with Crippen molar-refractivity contribution in [2.24, 2.45) is 0 Å². The number of sulfone groups is 1. The van der Waals surface area contributed by atoms with Crippen LogP contribution in [0.15, 0.2) is 66.1 Å². The highest BCUT2D eigenvalue weighted by atomic mass is 32.2. The molecule has 0 bridgehead atoms. The Labute approximate surface area is 187 Å². The summed E-state index contributed by atoms with van der Waals surface area (Å²) in [6, 6.07) is 11.4. The van der Waals surface area contributed by atoms with Crippen LogP contribution < -0.4 is 10.6 Å². The fourth-order valence-corrected chi connectivity index (χ4v) is 5.07. The van der Waals surface area contributed by atoms with Gasteiger partial charge in [-0.05, 0) is 54.9 Å². The number of nitrogens with one attached hydrogen (secondary N) is 2. The van der Waals surface area contributed by atoms with Gasteiger partial charge in [0.15, 0.2) is 9.84 Å². The molecule has 0 saturated heterocycles. The summed E-state index contributed by atoms with van der Waals surface area (Å²) in [5, 5.41) is 5.51. The number of benzene rings is 2. The number of hydrogen-bond acceptors (Lipinski definition) is 6. The quantitative estimate of drug-likeness (QED) is 0.596. The number of amides is 2. The Kier molecular flexibility index (Phi) is 6.20. The number of nitrogens with zero attached hydrogens (tertiary/aromatic N) is 3. The molecule has 0 spiro atoms. The number of carbonyl (C=O) groups excluding carboxylic acids is 1. The predicted octanol–water partition coefficient (Wildman–Crippen LogP) is 3.28. The van der Waals surface area contributed by atoms with Crippen LogP contribution in [0.1, 0.15) is 35.2 Å². The first-order chi connectivity index (χ1) is 15.3. The Morgan fingerprint density at radius 1 is 1.06 bits per heavy atom. The van der Waals surface area contributed by atoms with E-state index in [9.17, 15) is 13.2 Å². The lowest BCUT2D eigenvalue weighted by Gasteiger charge is -2.14. The fourth-order valence-electron chi connectivity index (χ4n) is 3.74.